The van der Waals surface area contributed by atoms with Crippen LogP contribution >= 0.6 is 0 Å². The highest BCUT2D eigenvalue weighted by Crippen LogP contribution is 2.20. The van der Waals surface area contributed by atoms with Crippen molar-refractivity contribution < 1.29 is 27.1 Å². The number of hydrogen-bond acceptors (Lipinski definition) is 7. The predicted molar refractivity (Wildman–Crippen MR) is 86.3 cm³/mol. The summed E-state index contributed by atoms with van der Waals surface area (Å²) in [5.74, 6) is -1.40. The van der Waals surface area contributed by atoms with Crippen LogP contribution in [-0.2, 0) is 23.9 Å². The molecule has 0 aromatic heterocycles. The minimum absolute atomic E-state index is 0.286. The van der Waals surface area contributed by atoms with Crippen LogP contribution in [-0.4, -0.2) is 49.1 Å². The summed E-state index contributed by atoms with van der Waals surface area (Å²) in [4.78, 5) is 35.2. The van der Waals surface area contributed by atoms with Crippen LogP contribution in [0.2, 0.25) is 0 Å². The Hall–Kier alpha value is -2.33. The molecule has 1 aliphatic heterocycles. The minimum Gasteiger partial charge on any atom is -0.340 e. The van der Waals surface area contributed by atoms with Crippen molar-refractivity contribution >= 4 is 27.5 Å². The van der Waals surface area contributed by atoms with E-state index in [1.54, 1.807) is 0 Å². The van der Waals surface area contributed by atoms with Gasteiger partial charge in [-0.2, -0.15) is 8.42 Å². The summed E-state index contributed by atoms with van der Waals surface area (Å²) in [6.45, 7) is 1.98. The van der Waals surface area contributed by atoms with Crippen LogP contribution in [0.5, 0.6) is 0 Å². The van der Waals surface area contributed by atoms with Gasteiger partial charge >= 0.3 is 0 Å². The average molecular weight is 370 g/mol. The van der Waals surface area contributed by atoms with Crippen LogP contribution < -0.4 is 0 Å². The summed E-state index contributed by atoms with van der Waals surface area (Å²) in [5, 5.41) is 10.6. The molecule has 1 heterocycles. The van der Waals surface area contributed by atoms with Gasteiger partial charge in [0.2, 0.25) is 6.10 Å². The molecule has 0 N–H and O–H groups in total. The summed E-state index contributed by atoms with van der Waals surface area (Å²) in [6, 6.07) is 4.00. The normalized spacial score (nSPS) is 16.3. The fraction of sp³-hybridized carbons (Fsp3) is 0.467. The van der Waals surface area contributed by atoms with E-state index >= 15 is 0 Å². The van der Waals surface area contributed by atoms with E-state index in [2.05, 4.69) is 0 Å². The molecule has 1 aliphatic rings. The number of benzene rings is 1. The number of likely N-dealkylation sites (tertiary alicyclic amines) is 1. The molecule has 0 bridgehead atoms. The van der Waals surface area contributed by atoms with E-state index in [0.717, 1.165) is 50.5 Å². The van der Waals surface area contributed by atoms with Gasteiger partial charge in [-0.15, -0.1) is 0 Å². The zero-order chi connectivity index (χ0) is 18.6. The molecule has 2 rings (SSSR count). The Morgan fingerprint density at radius 3 is 2.20 bits per heavy atom. The summed E-state index contributed by atoms with van der Waals surface area (Å²) in [5.41, 5.74) is -0.286. The molecule has 0 radical (unpaired) electrons. The van der Waals surface area contributed by atoms with Gasteiger partial charge in [-0.3, -0.25) is 19.7 Å². The van der Waals surface area contributed by atoms with Crippen molar-refractivity contribution in [1.29, 1.82) is 0 Å². The number of nitro benzene ring substituents is 1. The lowest BCUT2D eigenvalue weighted by Crippen LogP contribution is -2.46. The number of piperidine rings is 1. The molecule has 136 valence electrons. The van der Waals surface area contributed by atoms with Gasteiger partial charge in [0.05, 0.1) is 9.82 Å². The molecule has 1 amide bonds. The standard InChI is InChI=1S/C15H18N2O7S/c1-11(18)14(15(19)16-9-3-2-4-10-16)24-25(22,23)13-7-5-12(6-8-13)17(20)21/h5-8,14H,2-4,9-10H2,1H3. The van der Waals surface area contributed by atoms with Gasteiger partial charge in [-0.25, -0.2) is 4.18 Å². The SMILES string of the molecule is CC(=O)C(OS(=O)(=O)c1ccc([N+](=O)[O-])cc1)C(=O)N1CCCCC1. The Balaban J connectivity index is 2.20. The second-order valence-corrected chi connectivity index (χ2v) is 7.25. The highest BCUT2D eigenvalue weighted by atomic mass is 32.2. The number of rotatable bonds is 6. The lowest BCUT2D eigenvalue weighted by Gasteiger charge is -2.29. The van der Waals surface area contributed by atoms with E-state index in [9.17, 15) is 28.1 Å². The Bertz CT molecular complexity index is 768. The van der Waals surface area contributed by atoms with Gasteiger partial charge in [0.1, 0.15) is 0 Å². The fourth-order valence-corrected chi connectivity index (χ4v) is 3.53. The summed E-state index contributed by atoms with van der Waals surface area (Å²) >= 11 is 0. The quantitative estimate of drug-likeness (QED) is 0.320. The highest BCUT2D eigenvalue weighted by Gasteiger charge is 2.35. The number of carbonyl (C=O) groups is 2. The summed E-state index contributed by atoms with van der Waals surface area (Å²) in [7, 11) is -4.42. The Morgan fingerprint density at radius 2 is 1.72 bits per heavy atom. The van der Waals surface area contributed by atoms with Crippen molar-refractivity contribution in [2.75, 3.05) is 13.1 Å². The predicted octanol–water partition coefficient (Wildman–Crippen LogP) is 1.27. The number of amides is 1. The number of nitrogens with zero attached hydrogens (tertiary/aromatic N) is 2. The van der Waals surface area contributed by atoms with Gasteiger partial charge in [-0.1, -0.05) is 0 Å². The smallest absolute Gasteiger partial charge is 0.298 e. The first-order valence-corrected chi connectivity index (χ1v) is 9.10. The molecule has 25 heavy (non-hydrogen) atoms. The lowest BCUT2D eigenvalue weighted by molar-refractivity contribution is -0.384. The van der Waals surface area contributed by atoms with Crippen LogP contribution in [0.3, 0.4) is 0 Å². The number of hydrogen-bond donors (Lipinski definition) is 0. The molecular weight excluding hydrogens is 352 g/mol. The van der Waals surface area contributed by atoms with E-state index < -0.39 is 32.8 Å². The Morgan fingerprint density at radius 1 is 1.16 bits per heavy atom. The number of Topliss-reactive ketones (excluding diaryl/α,β-unsaturated/α-hetero) is 1. The molecule has 1 atom stereocenters. The maximum atomic E-state index is 12.4. The maximum Gasteiger partial charge on any atom is 0.298 e. The van der Waals surface area contributed by atoms with Gasteiger partial charge < -0.3 is 4.90 Å². The first-order chi connectivity index (χ1) is 11.7. The van der Waals surface area contributed by atoms with Gasteiger partial charge in [0, 0.05) is 25.2 Å². The second kappa shape index (κ2) is 7.70. The molecule has 1 aromatic rings. The second-order valence-electron chi connectivity index (χ2n) is 5.68. The van der Waals surface area contributed by atoms with Crippen molar-refractivity contribution in [3.8, 4) is 0 Å². The van der Waals surface area contributed by atoms with Gasteiger partial charge in [0.25, 0.3) is 21.7 Å². The molecular formula is C15H18N2O7S. The zero-order valence-electron chi connectivity index (χ0n) is 13.6. The van der Waals surface area contributed by atoms with Gasteiger partial charge in [0.15, 0.2) is 5.78 Å². The number of nitro groups is 1. The molecule has 0 spiro atoms. The third kappa shape index (κ3) is 4.60. The Labute approximate surface area is 144 Å². The first-order valence-electron chi connectivity index (χ1n) is 7.69. The first kappa shape index (κ1) is 19.0. The van der Waals surface area contributed by atoms with E-state index in [1.165, 1.54) is 4.90 Å². The molecule has 1 unspecified atom stereocenters. The molecule has 0 saturated carbocycles. The summed E-state index contributed by atoms with van der Waals surface area (Å²) < 4.78 is 29.5. The molecule has 1 aromatic carbocycles. The van der Waals surface area contributed by atoms with Crippen molar-refractivity contribution in [2.45, 2.75) is 37.2 Å². The van der Waals surface area contributed by atoms with E-state index in [-0.39, 0.29) is 10.6 Å². The van der Waals surface area contributed by atoms with E-state index in [1.807, 2.05) is 0 Å². The van der Waals surface area contributed by atoms with Crippen LogP contribution in [0.15, 0.2) is 29.2 Å². The largest absolute Gasteiger partial charge is 0.340 e. The lowest BCUT2D eigenvalue weighted by atomic mass is 10.1. The van der Waals surface area contributed by atoms with Crippen LogP contribution in [0.4, 0.5) is 5.69 Å². The van der Waals surface area contributed by atoms with E-state index in [0.29, 0.717) is 13.1 Å². The van der Waals surface area contributed by atoms with Crippen molar-refractivity contribution in [3.05, 3.63) is 34.4 Å². The number of ketones is 1. The molecule has 9 nitrogen and oxygen atoms in total. The number of non-ortho nitro benzene ring substituents is 1. The topological polar surface area (TPSA) is 124 Å². The summed E-state index contributed by atoms with van der Waals surface area (Å²) in [6.07, 6.45) is 0.784. The molecule has 1 saturated heterocycles. The third-order valence-electron chi connectivity index (χ3n) is 3.82. The zero-order valence-corrected chi connectivity index (χ0v) is 14.4. The highest BCUT2D eigenvalue weighted by molar-refractivity contribution is 7.86. The maximum absolute atomic E-state index is 12.4. The molecule has 10 heteroatoms. The third-order valence-corrected chi connectivity index (χ3v) is 5.12. The Kier molecular flexibility index (Phi) is 5.85. The monoisotopic (exact) mass is 370 g/mol. The van der Waals surface area contributed by atoms with Gasteiger partial charge in [-0.05, 0) is 38.3 Å². The van der Waals surface area contributed by atoms with Crippen LogP contribution in [0.1, 0.15) is 26.2 Å². The van der Waals surface area contributed by atoms with Crippen molar-refractivity contribution in [1.82, 2.24) is 4.90 Å². The van der Waals surface area contributed by atoms with Crippen molar-refractivity contribution in [2.24, 2.45) is 0 Å². The molecule has 1 fully saturated rings. The average Bonchev–Trinajstić information content (AvgIpc) is 2.59. The minimum atomic E-state index is -4.42. The van der Waals surface area contributed by atoms with Crippen LogP contribution in [0, 0.1) is 10.1 Å². The van der Waals surface area contributed by atoms with Crippen LogP contribution in [0.25, 0.3) is 0 Å². The van der Waals surface area contributed by atoms with Crippen molar-refractivity contribution in [3.63, 3.8) is 0 Å². The number of carbonyl (C=O) groups excluding carboxylic acids is 2. The van der Waals surface area contributed by atoms with E-state index in [4.69, 9.17) is 4.18 Å². The molecule has 0 aliphatic carbocycles. The fourth-order valence-electron chi connectivity index (χ4n) is 2.48.